The number of carbonyl (C=O) groups excluding carboxylic acids is 1. The molecule has 0 spiro atoms. The molecule has 3 aromatic rings. The maximum atomic E-state index is 13.4. The van der Waals surface area contributed by atoms with Crippen LogP contribution in [-0.4, -0.2) is 53.2 Å². The third-order valence-corrected chi connectivity index (χ3v) is 7.19. The number of aryl methyl sites for hydroxylation is 1. The zero-order chi connectivity index (χ0) is 23.2. The van der Waals surface area contributed by atoms with E-state index in [1.807, 2.05) is 12.1 Å². The van der Waals surface area contributed by atoms with Gasteiger partial charge in [0.2, 0.25) is 0 Å². The number of likely N-dealkylation sites (N-methyl/N-ethyl adjacent to an activating group) is 1. The second-order valence-corrected chi connectivity index (χ2v) is 9.11. The first-order chi connectivity index (χ1) is 15.9. The van der Waals surface area contributed by atoms with E-state index >= 15 is 0 Å². The molecule has 0 unspecified atom stereocenters. The molecular formula is C26H30N4O3. The van der Waals surface area contributed by atoms with Crippen molar-refractivity contribution in [2.75, 3.05) is 37.6 Å². The van der Waals surface area contributed by atoms with E-state index < -0.39 is 22.8 Å². The number of anilines is 1. The minimum atomic E-state index is -0.572. The number of hydrogen-bond acceptors (Lipinski definition) is 5. The Morgan fingerprint density at radius 3 is 2.48 bits per heavy atom. The van der Waals surface area contributed by atoms with Crippen LogP contribution in [-0.2, 0) is 12.6 Å². The number of aromatic hydroxyl groups is 1. The van der Waals surface area contributed by atoms with Crippen molar-refractivity contribution in [1.29, 1.82) is 0 Å². The summed E-state index contributed by atoms with van der Waals surface area (Å²) in [7, 11) is 1.60. The molecule has 2 aromatic carbocycles. The molecule has 5 rings (SSSR count). The fourth-order valence-corrected chi connectivity index (χ4v) is 4.92. The normalized spacial score (nSPS) is 17.8. The predicted octanol–water partition coefficient (Wildman–Crippen LogP) is 2.81. The summed E-state index contributed by atoms with van der Waals surface area (Å²) in [6.07, 6.45) is 1.66. The number of rotatable bonds is 5. The Balaban J connectivity index is 1.43. The molecule has 2 aliphatic rings. The van der Waals surface area contributed by atoms with Gasteiger partial charge in [-0.3, -0.25) is 9.59 Å². The smallest absolute Gasteiger partial charge is 0.293 e. The number of amides is 1. The van der Waals surface area contributed by atoms with Crippen LogP contribution in [0.4, 0.5) is 5.69 Å². The van der Waals surface area contributed by atoms with Gasteiger partial charge in [-0.25, -0.2) is 0 Å². The summed E-state index contributed by atoms with van der Waals surface area (Å²) in [5, 5.41) is 14.3. The quantitative estimate of drug-likeness (QED) is 0.630. The largest absolute Gasteiger partial charge is 0.502 e. The van der Waals surface area contributed by atoms with Crippen LogP contribution in [0.1, 0.15) is 35.7 Å². The fraction of sp³-hybridized carbons (Fsp3) is 0.385. The van der Waals surface area contributed by atoms with Crippen molar-refractivity contribution in [1.82, 2.24) is 14.8 Å². The zero-order valence-electron chi connectivity index (χ0n) is 19.2. The van der Waals surface area contributed by atoms with Crippen molar-refractivity contribution in [3.63, 3.8) is 0 Å². The summed E-state index contributed by atoms with van der Waals surface area (Å²) in [6, 6.07) is 15.6. The van der Waals surface area contributed by atoms with E-state index in [4.69, 9.17) is 0 Å². The van der Waals surface area contributed by atoms with Gasteiger partial charge in [-0.15, -0.1) is 0 Å². The lowest BCUT2D eigenvalue weighted by molar-refractivity contribution is 0.0929. The standard InChI is InChI=1S/C26H30N4O3/c1-3-29-13-15-30(16-14-29)19-8-6-7-18(17-19)26(11-12-26)27-24(32)22-20-9-4-5-10-21(20)28(2)25(33)23(22)31/h4-10,17,31H,3,11-16H2,1-2H3,(H,27,32). The Morgan fingerprint density at radius 2 is 1.79 bits per heavy atom. The van der Waals surface area contributed by atoms with Crippen LogP contribution in [0.25, 0.3) is 10.9 Å². The Kier molecular flexibility index (Phi) is 5.37. The van der Waals surface area contributed by atoms with Gasteiger partial charge < -0.3 is 24.8 Å². The number of nitrogens with one attached hydrogen (secondary N) is 1. The molecule has 1 aliphatic heterocycles. The van der Waals surface area contributed by atoms with E-state index in [-0.39, 0.29) is 5.56 Å². The van der Waals surface area contributed by atoms with Gasteiger partial charge >= 0.3 is 0 Å². The highest BCUT2D eigenvalue weighted by Crippen LogP contribution is 2.47. The zero-order valence-corrected chi connectivity index (χ0v) is 19.2. The van der Waals surface area contributed by atoms with Crippen LogP contribution < -0.4 is 15.8 Å². The van der Waals surface area contributed by atoms with Crippen LogP contribution in [0, 0.1) is 0 Å². The summed E-state index contributed by atoms with van der Waals surface area (Å²) in [4.78, 5) is 30.8. The Labute approximate surface area is 193 Å². The lowest BCUT2D eigenvalue weighted by atomic mass is 10.0. The Hall–Kier alpha value is -3.32. The lowest BCUT2D eigenvalue weighted by Crippen LogP contribution is -2.46. The van der Waals surface area contributed by atoms with Gasteiger partial charge in [-0.2, -0.15) is 0 Å². The SMILES string of the molecule is CCN1CCN(c2cccc(C3(NC(=O)c4c(O)c(=O)n(C)c5ccccc45)CC3)c2)CC1. The van der Waals surface area contributed by atoms with Gasteiger partial charge in [0.05, 0.1) is 16.6 Å². The van der Waals surface area contributed by atoms with Gasteiger partial charge in [-0.1, -0.05) is 37.3 Å². The monoisotopic (exact) mass is 446 g/mol. The highest BCUT2D eigenvalue weighted by molar-refractivity contribution is 6.08. The number of pyridine rings is 1. The first-order valence-electron chi connectivity index (χ1n) is 11.6. The number of piperazine rings is 1. The predicted molar refractivity (Wildman–Crippen MR) is 130 cm³/mol. The summed E-state index contributed by atoms with van der Waals surface area (Å²) >= 11 is 0. The third-order valence-electron chi connectivity index (χ3n) is 7.19. The molecule has 172 valence electrons. The van der Waals surface area contributed by atoms with Gasteiger partial charge in [0.15, 0.2) is 5.75 Å². The van der Waals surface area contributed by atoms with Crippen molar-refractivity contribution in [2.24, 2.45) is 7.05 Å². The minimum absolute atomic E-state index is 0.0480. The molecule has 1 saturated carbocycles. The van der Waals surface area contributed by atoms with Crippen LogP contribution in [0.3, 0.4) is 0 Å². The molecule has 2 N–H and O–H groups in total. The molecule has 2 fully saturated rings. The maximum absolute atomic E-state index is 13.4. The molecule has 33 heavy (non-hydrogen) atoms. The van der Waals surface area contributed by atoms with Gasteiger partial charge in [0.25, 0.3) is 11.5 Å². The van der Waals surface area contributed by atoms with Crippen LogP contribution in [0.5, 0.6) is 5.75 Å². The first-order valence-corrected chi connectivity index (χ1v) is 11.6. The van der Waals surface area contributed by atoms with Gasteiger partial charge in [-0.05, 0) is 43.1 Å². The Morgan fingerprint density at radius 1 is 1.06 bits per heavy atom. The maximum Gasteiger partial charge on any atom is 0.293 e. The molecule has 7 nitrogen and oxygen atoms in total. The van der Waals surface area contributed by atoms with Crippen molar-refractivity contribution < 1.29 is 9.90 Å². The number of nitrogens with zero attached hydrogens (tertiary/aromatic N) is 3. The minimum Gasteiger partial charge on any atom is -0.502 e. The number of benzene rings is 2. The highest BCUT2D eigenvalue weighted by Gasteiger charge is 2.46. The molecule has 1 amide bonds. The topological polar surface area (TPSA) is 77.8 Å². The summed E-state index contributed by atoms with van der Waals surface area (Å²) < 4.78 is 1.37. The molecule has 2 heterocycles. The molecule has 1 aromatic heterocycles. The van der Waals surface area contributed by atoms with Crippen molar-refractivity contribution >= 4 is 22.5 Å². The molecule has 0 radical (unpaired) electrons. The average Bonchev–Trinajstić information content (AvgIpc) is 3.63. The van der Waals surface area contributed by atoms with Crippen LogP contribution >= 0.6 is 0 Å². The second-order valence-electron chi connectivity index (χ2n) is 9.11. The van der Waals surface area contributed by atoms with E-state index in [1.54, 1.807) is 25.2 Å². The summed E-state index contributed by atoms with van der Waals surface area (Å²) in [5.74, 6) is -0.923. The number of aromatic nitrogens is 1. The molecule has 0 atom stereocenters. The lowest BCUT2D eigenvalue weighted by Gasteiger charge is -2.36. The van der Waals surface area contributed by atoms with E-state index in [9.17, 15) is 14.7 Å². The van der Waals surface area contributed by atoms with Gasteiger partial charge in [0, 0.05) is 44.3 Å². The number of hydrogen-bond donors (Lipinski definition) is 2. The fourth-order valence-electron chi connectivity index (χ4n) is 4.92. The molecule has 0 bridgehead atoms. The molecule has 1 saturated heterocycles. The number of para-hydroxylation sites is 1. The summed E-state index contributed by atoms with van der Waals surface area (Å²) in [6.45, 7) is 7.36. The van der Waals surface area contributed by atoms with Crippen molar-refractivity contribution in [2.45, 2.75) is 25.3 Å². The van der Waals surface area contributed by atoms with E-state index in [0.717, 1.165) is 51.1 Å². The Bertz CT molecular complexity index is 1270. The number of fused-ring (bicyclic) bond motifs is 1. The highest BCUT2D eigenvalue weighted by atomic mass is 16.3. The second kappa shape index (κ2) is 8.23. The van der Waals surface area contributed by atoms with E-state index in [1.165, 1.54) is 10.3 Å². The first kappa shape index (κ1) is 21.5. The molecule has 1 aliphatic carbocycles. The average molecular weight is 447 g/mol. The third kappa shape index (κ3) is 3.76. The molecular weight excluding hydrogens is 416 g/mol. The van der Waals surface area contributed by atoms with Crippen molar-refractivity contribution in [3.8, 4) is 5.75 Å². The van der Waals surface area contributed by atoms with Crippen LogP contribution in [0.2, 0.25) is 0 Å². The van der Waals surface area contributed by atoms with E-state index in [0.29, 0.717) is 10.9 Å². The van der Waals surface area contributed by atoms with Gasteiger partial charge in [0.1, 0.15) is 0 Å². The van der Waals surface area contributed by atoms with E-state index in [2.05, 4.69) is 40.2 Å². The summed E-state index contributed by atoms with van der Waals surface area (Å²) in [5.41, 5.74) is 1.87. The van der Waals surface area contributed by atoms with Crippen LogP contribution in [0.15, 0.2) is 53.3 Å². The van der Waals surface area contributed by atoms with Crippen molar-refractivity contribution in [3.05, 3.63) is 70.0 Å². The molecule has 7 heteroatoms. The number of carbonyl (C=O) groups is 1.